The summed E-state index contributed by atoms with van der Waals surface area (Å²) in [4.78, 5) is 23.1. The number of hydrogen-bond acceptors (Lipinski definition) is 2. The van der Waals surface area contributed by atoms with Gasteiger partial charge in [0.2, 0.25) is 5.91 Å². The van der Waals surface area contributed by atoms with Crippen LogP contribution < -0.4 is 5.32 Å². The van der Waals surface area contributed by atoms with Gasteiger partial charge in [-0.1, -0.05) is 60.7 Å². The Hall–Kier alpha value is -2.62. The molecule has 0 spiro atoms. The average Bonchev–Trinajstić information content (AvgIpc) is 2.56. The molecular formula is C20H23NO3. The molecule has 0 unspecified atom stereocenters. The van der Waals surface area contributed by atoms with Crippen molar-refractivity contribution >= 4 is 11.9 Å². The first-order valence-electron chi connectivity index (χ1n) is 8.14. The van der Waals surface area contributed by atoms with Gasteiger partial charge in [-0.3, -0.25) is 9.59 Å². The van der Waals surface area contributed by atoms with E-state index in [0.29, 0.717) is 6.42 Å². The molecule has 0 radical (unpaired) electrons. The van der Waals surface area contributed by atoms with E-state index in [9.17, 15) is 9.59 Å². The summed E-state index contributed by atoms with van der Waals surface area (Å²) < 4.78 is 0. The Labute approximate surface area is 142 Å². The van der Waals surface area contributed by atoms with Gasteiger partial charge in [-0.25, -0.2) is 0 Å². The number of aliphatic carboxylic acids is 1. The molecule has 126 valence electrons. The highest BCUT2D eigenvalue weighted by Gasteiger charge is 2.19. The first kappa shape index (κ1) is 17.7. The van der Waals surface area contributed by atoms with Crippen LogP contribution in [0.25, 0.3) is 0 Å². The van der Waals surface area contributed by atoms with E-state index in [1.165, 1.54) is 18.1 Å². The zero-order valence-corrected chi connectivity index (χ0v) is 13.8. The molecule has 0 aliphatic heterocycles. The number of rotatable bonds is 8. The van der Waals surface area contributed by atoms with Crippen molar-refractivity contribution < 1.29 is 14.7 Å². The van der Waals surface area contributed by atoms with E-state index in [4.69, 9.17) is 5.11 Å². The molecule has 0 fully saturated rings. The summed E-state index contributed by atoms with van der Waals surface area (Å²) >= 11 is 0. The summed E-state index contributed by atoms with van der Waals surface area (Å²) in [6.07, 6.45) is 1.87. The highest BCUT2D eigenvalue weighted by atomic mass is 16.4. The molecule has 2 aromatic carbocycles. The number of carbonyl (C=O) groups excluding carboxylic acids is 1. The molecular weight excluding hydrogens is 302 g/mol. The smallest absolute Gasteiger partial charge is 0.325 e. The van der Waals surface area contributed by atoms with E-state index >= 15 is 0 Å². The van der Waals surface area contributed by atoms with Crippen LogP contribution in [-0.2, 0) is 22.4 Å². The zero-order chi connectivity index (χ0) is 17.4. The molecule has 0 bridgehead atoms. The van der Waals surface area contributed by atoms with Gasteiger partial charge < -0.3 is 10.4 Å². The minimum atomic E-state index is -1.02. The van der Waals surface area contributed by atoms with E-state index in [1.807, 2.05) is 36.4 Å². The van der Waals surface area contributed by atoms with Gasteiger partial charge in [0.05, 0.1) is 0 Å². The lowest BCUT2D eigenvalue weighted by Crippen LogP contribution is -2.39. The summed E-state index contributed by atoms with van der Waals surface area (Å²) in [5.41, 5.74) is 2.36. The summed E-state index contributed by atoms with van der Waals surface area (Å²) in [7, 11) is 0. The van der Waals surface area contributed by atoms with E-state index in [2.05, 4.69) is 29.6 Å². The lowest BCUT2D eigenvalue weighted by molar-refractivity contribution is -0.141. The summed E-state index contributed by atoms with van der Waals surface area (Å²) in [6, 6.07) is 19.2. The topological polar surface area (TPSA) is 66.4 Å². The van der Waals surface area contributed by atoms with Gasteiger partial charge in [-0.15, -0.1) is 0 Å². The molecule has 4 heteroatoms. The largest absolute Gasteiger partial charge is 0.480 e. The van der Waals surface area contributed by atoms with Crippen LogP contribution in [0.2, 0.25) is 0 Å². The molecule has 0 aliphatic rings. The van der Waals surface area contributed by atoms with Gasteiger partial charge in [-0.2, -0.15) is 0 Å². The Bertz CT molecular complexity index is 614. The van der Waals surface area contributed by atoms with Crippen LogP contribution in [0.3, 0.4) is 0 Å². The highest BCUT2D eigenvalue weighted by Crippen LogP contribution is 2.18. The first-order valence-corrected chi connectivity index (χ1v) is 8.14. The van der Waals surface area contributed by atoms with Crippen molar-refractivity contribution in [3.8, 4) is 0 Å². The molecule has 2 aromatic rings. The quantitative estimate of drug-likeness (QED) is 0.784. The number of hydrogen-bond donors (Lipinski definition) is 2. The highest BCUT2D eigenvalue weighted by molar-refractivity contribution is 5.83. The van der Waals surface area contributed by atoms with Crippen molar-refractivity contribution in [2.45, 2.75) is 32.2 Å². The van der Waals surface area contributed by atoms with Crippen molar-refractivity contribution in [3.05, 3.63) is 71.8 Å². The van der Waals surface area contributed by atoms with Crippen LogP contribution in [-0.4, -0.2) is 23.0 Å². The molecule has 0 aliphatic carbocycles. The summed E-state index contributed by atoms with van der Waals surface area (Å²) in [5, 5.41) is 11.5. The first-order chi connectivity index (χ1) is 11.5. The van der Waals surface area contributed by atoms with Gasteiger partial charge in [0.1, 0.15) is 6.04 Å². The third-order valence-electron chi connectivity index (χ3n) is 3.96. The minimum absolute atomic E-state index is 0.121. The fourth-order valence-corrected chi connectivity index (χ4v) is 2.74. The second-order valence-corrected chi connectivity index (χ2v) is 6.08. The molecule has 0 aromatic heterocycles. The number of carboxylic acids is 1. The van der Waals surface area contributed by atoms with Crippen molar-refractivity contribution in [1.29, 1.82) is 0 Å². The van der Waals surface area contributed by atoms with Crippen LogP contribution in [0.15, 0.2) is 60.7 Å². The normalized spacial score (nSPS) is 11.9. The number of carbonyl (C=O) groups is 2. The van der Waals surface area contributed by atoms with Gasteiger partial charge in [0.25, 0.3) is 0 Å². The van der Waals surface area contributed by atoms with Gasteiger partial charge in [0, 0.05) is 6.42 Å². The van der Waals surface area contributed by atoms with Crippen LogP contribution in [0.4, 0.5) is 0 Å². The molecule has 2 N–H and O–H groups in total. The third kappa shape index (κ3) is 5.88. The summed E-state index contributed by atoms with van der Waals surface area (Å²) in [6.45, 7) is 1.48. The molecule has 24 heavy (non-hydrogen) atoms. The van der Waals surface area contributed by atoms with E-state index in [1.54, 1.807) is 0 Å². The molecule has 1 atom stereocenters. The van der Waals surface area contributed by atoms with Gasteiger partial charge in [0.15, 0.2) is 0 Å². The maximum atomic E-state index is 12.2. The maximum Gasteiger partial charge on any atom is 0.325 e. The Morgan fingerprint density at radius 1 is 0.917 bits per heavy atom. The van der Waals surface area contributed by atoms with Crippen molar-refractivity contribution in [1.82, 2.24) is 5.32 Å². The van der Waals surface area contributed by atoms with Crippen molar-refractivity contribution in [2.75, 3.05) is 0 Å². The third-order valence-corrected chi connectivity index (χ3v) is 3.96. The molecule has 2 rings (SSSR count). The molecule has 4 nitrogen and oxygen atoms in total. The monoisotopic (exact) mass is 325 g/mol. The van der Waals surface area contributed by atoms with Crippen molar-refractivity contribution in [3.63, 3.8) is 0 Å². The zero-order valence-electron chi connectivity index (χ0n) is 13.8. The number of amides is 1. The Balaban J connectivity index is 2.04. The number of benzene rings is 2. The molecule has 0 saturated heterocycles. The molecule has 1 amide bonds. The van der Waals surface area contributed by atoms with E-state index in [-0.39, 0.29) is 11.8 Å². The lowest BCUT2D eigenvalue weighted by atomic mass is 9.89. The minimum Gasteiger partial charge on any atom is -0.480 e. The van der Waals surface area contributed by atoms with Crippen LogP contribution in [0.1, 0.15) is 24.5 Å². The van der Waals surface area contributed by atoms with Gasteiger partial charge in [-0.05, 0) is 36.8 Å². The predicted molar refractivity (Wildman–Crippen MR) is 93.6 cm³/mol. The van der Waals surface area contributed by atoms with Crippen LogP contribution in [0, 0.1) is 5.92 Å². The van der Waals surface area contributed by atoms with Gasteiger partial charge >= 0.3 is 5.97 Å². The fraction of sp³-hybridized carbons (Fsp3) is 0.300. The maximum absolute atomic E-state index is 12.2. The van der Waals surface area contributed by atoms with Crippen LogP contribution in [0.5, 0.6) is 0 Å². The Morgan fingerprint density at radius 3 is 1.79 bits per heavy atom. The lowest BCUT2D eigenvalue weighted by Gasteiger charge is -2.18. The van der Waals surface area contributed by atoms with Crippen LogP contribution >= 0.6 is 0 Å². The number of nitrogens with one attached hydrogen (secondary N) is 1. The fourth-order valence-electron chi connectivity index (χ4n) is 2.74. The Morgan fingerprint density at radius 2 is 1.38 bits per heavy atom. The second-order valence-electron chi connectivity index (χ2n) is 6.08. The van der Waals surface area contributed by atoms with E-state index < -0.39 is 12.0 Å². The second kappa shape index (κ2) is 8.87. The SMILES string of the molecule is C[C@@H](NC(=O)CC(Cc1ccccc1)Cc1ccccc1)C(=O)O. The Kier molecular flexibility index (Phi) is 6.55. The predicted octanol–water partition coefficient (Wildman–Crippen LogP) is 3.07. The summed E-state index contributed by atoms with van der Waals surface area (Å²) in [5.74, 6) is -1.12. The standard InChI is InChI=1S/C20H23NO3/c1-15(20(23)24)21-19(22)14-18(12-16-8-4-2-5-9-16)13-17-10-6-3-7-11-17/h2-11,15,18H,12-14H2,1H3,(H,21,22)(H,23,24)/t15-/m1/s1. The average molecular weight is 325 g/mol. The van der Waals surface area contributed by atoms with Crippen molar-refractivity contribution in [2.24, 2.45) is 5.92 Å². The van der Waals surface area contributed by atoms with E-state index in [0.717, 1.165) is 12.8 Å². The number of carboxylic acid groups (broad SMARTS) is 1. The molecule has 0 saturated carbocycles. The molecule has 0 heterocycles.